The van der Waals surface area contributed by atoms with Crippen LogP contribution in [0.1, 0.15) is 69.1 Å². The van der Waals surface area contributed by atoms with Crippen LogP contribution in [0, 0.1) is 5.92 Å². The van der Waals surface area contributed by atoms with Gasteiger partial charge in [0.1, 0.15) is 18.0 Å². The first-order valence-electron chi connectivity index (χ1n) is 17.1. The lowest BCUT2D eigenvalue weighted by molar-refractivity contribution is -0.139. The summed E-state index contributed by atoms with van der Waals surface area (Å²) in [6.07, 6.45) is 3.67. The maximum atomic E-state index is 14.9. The fourth-order valence-electron chi connectivity index (χ4n) is 6.70. The molecule has 1 saturated carbocycles. The van der Waals surface area contributed by atoms with Crippen LogP contribution in [0.2, 0.25) is 0 Å². The molecule has 1 aromatic heterocycles. The number of likely N-dealkylation sites (tertiary alicyclic amines) is 1. The number of nitrogens with zero attached hydrogens (tertiary/aromatic N) is 3. The summed E-state index contributed by atoms with van der Waals surface area (Å²) in [4.78, 5) is 45.1. The van der Waals surface area contributed by atoms with Crippen molar-refractivity contribution in [1.29, 1.82) is 0 Å². The highest BCUT2D eigenvalue weighted by Gasteiger charge is 2.44. The number of para-hydroxylation sites is 1. The standard InChI is InChI=1S/C38H51N3O7/c1-38(2,3)48-37(44)40-16-15-30(32-23-35(42)39(4)34-12-8-7-11-31(32)34)33(25-40)36(43)41(28-13-14-28)24-27-20-26(10-9-17-45-5)21-29(22-27)47-19-18-46-6/h7-8,11-12,20-23,28,30,33H,9-10,13-19,24-25H2,1-6H3/t30-,33+/m1/s1. The van der Waals surface area contributed by atoms with Gasteiger partial charge in [0.25, 0.3) is 5.56 Å². The van der Waals surface area contributed by atoms with Crippen molar-refractivity contribution in [2.24, 2.45) is 13.0 Å². The Morgan fingerprint density at radius 1 is 0.938 bits per heavy atom. The largest absolute Gasteiger partial charge is 0.491 e. The molecule has 2 amide bonds. The van der Waals surface area contributed by atoms with Crippen LogP contribution >= 0.6 is 0 Å². The second kappa shape index (κ2) is 15.6. The summed E-state index contributed by atoms with van der Waals surface area (Å²) in [6, 6.07) is 15.9. The van der Waals surface area contributed by atoms with E-state index in [1.807, 2.05) is 56.0 Å². The SMILES string of the molecule is COCCCc1cc(CN(C(=O)[C@H]2CN(C(=O)OC(C)(C)C)CC[C@@H]2c2cc(=O)n(C)c3ccccc23)C2CC2)cc(OCCOC)c1. The van der Waals surface area contributed by atoms with Crippen molar-refractivity contribution < 1.29 is 28.5 Å². The Morgan fingerprint density at radius 3 is 2.38 bits per heavy atom. The molecule has 0 bridgehead atoms. The molecule has 10 nitrogen and oxygen atoms in total. The Bertz CT molecular complexity index is 1610. The maximum Gasteiger partial charge on any atom is 0.410 e. The highest BCUT2D eigenvalue weighted by molar-refractivity contribution is 5.86. The van der Waals surface area contributed by atoms with Gasteiger partial charge in [-0.1, -0.05) is 24.3 Å². The summed E-state index contributed by atoms with van der Waals surface area (Å²) in [5.41, 5.74) is 3.03. The van der Waals surface area contributed by atoms with Gasteiger partial charge in [-0.2, -0.15) is 0 Å². The smallest absolute Gasteiger partial charge is 0.410 e. The lowest BCUT2D eigenvalue weighted by atomic mass is 9.78. The highest BCUT2D eigenvalue weighted by atomic mass is 16.6. The third-order valence-electron chi connectivity index (χ3n) is 9.19. The average Bonchev–Trinajstić information content (AvgIpc) is 3.90. The topological polar surface area (TPSA) is 99.5 Å². The van der Waals surface area contributed by atoms with Crippen LogP contribution in [0.4, 0.5) is 4.79 Å². The zero-order chi connectivity index (χ0) is 34.4. The number of fused-ring (bicyclic) bond motifs is 1. The van der Waals surface area contributed by atoms with Gasteiger partial charge in [-0.15, -0.1) is 0 Å². The zero-order valence-electron chi connectivity index (χ0n) is 29.3. The van der Waals surface area contributed by atoms with E-state index in [9.17, 15) is 14.4 Å². The van der Waals surface area contributed by atoms with Gasteiger partial charge in [0, 0.05) is 65.0 Å². The lowest BCUT2D eigenvalue weighted by Crippen LogP contribution is -2.51. The van der Waals surface area contributed by atoms with Crippen LogP contribution in [0.15, 0.2) is 53.3 Å². The fraction of sp³-hybridized carbons (Fsp3) is 0.553. The Labute approximate surface area is 283 Å². The van der Waals surface area contributed by atoms with Gasteiger partial charge in [-0.3, -0.25) is 9.59 Å². The van der Waals surface area contributed by atoms with Gasteiger partial charge < -0.3 is 33.3 Å². The number of aryl methyl sites for hydroxylation is 2. The molecular weight excluding hydrogens is 610 g/mol. The number of carbonyl (C=O) groups excluding carboxylic acids is 2. The van der Waals surface area contributed by atoms with Crippen LogP contribution in [-0.4, -0.2) is 85.1 Å². The second-order valence-electron chi connectivity index (χ2n) is 14.1. The van der Waals surface area contributed by atoms with Crippen molar-refractivity contribution in [2.45, 2.75) is 77.0 Å². The Balaban J connectivity index is 1.50. The number of hydrogen-bond donors (Lipinski definition) is 0. The summed E-state index contributed by atoms with van der Waals surface area (Å²) in [5.74, 6) is -0.0557. The van der Waals surface area contributed by atoms with E-state index in [4.69, 9.17) is 18.9 Å². The van der Waals surface area contributed by atoms with Gasteiger partial charge in [0.15, 0.2) is 0 Å². The predicted molar refractivity (Wildman–Crippen MR) is 185 cm³/mol. The van der Waals surface area contributed by atoms with Crippen molar-refractivity contribution >= 4 is 22.9 Å². The first-order valence-corrected chi connectivity index (χ1v) is 17.1. The van der Waals surface area contributed by atoms with E-state index >= 15 is 0 Å². The van der Waals surface area contributed by atoms with Crippen molar-refractivity contribution in [3.05, 3.63) is 75.6 Å². The van der Waals surface area contributed by atoms with Crippen LogP contribution in [0.5, 0.6) is 5.75 Å². The molecule has 0 radical (unpaired) electrons. The molecule has 1 aliphatic heterocycles. The zero-order valence-corrected chi connectivity index (χ0v) is 29.3. The third kappa shape index (κ3) is 8.76. The Morgan fingerprint density at radius 2 is 1.67 bits per heavy atom. The molecule has 48 heavy (non-hydrogen) atoms. The number of aromatic nitrogens is 1. The molecule has 2 heterocycles. The van der Waals surface area contributed by atoms with E-state index in [1.54, 1.807) is 36.8 Å². The number of methoxy groups -OCH3 is 2. The molecule has 0 spiro atoms. The molecule has 2 atom stereocenters. The molecule has 5 rings (SSSR count). The van der Waals surface area contributed by atoms with E-state index < -0.39 is 17.6 Å². The van der Waals surface area contributed by atoms with Crippen LogP contribution in [0.3, 0.4) is 0 Å². The van der Waals surface area contributed by atoms with Gasteiger partial charge in [-0.05, 0) is 93.7 Å². The minimum atomic E-state index is -0.660. The molecule has 2 aliphatic rings. The minimum absolute atomic E-state index is 0.00726. The first kappa shape index (κ1) is 35.4. The Hall–Kier alpha value is -3.89. The number of ether oxygens (including phenoxy) is 4. The normalized spacial score (nSPS) is 18.2. The number of carbonyl (C=O) groups is 2. The summed E-state index contributed by atoms with van der Waals surface area (Å²) >= 11 is 0. The monoisotopic (exact) mass is 661 g/mol. The number of piperidine rings is 1. The summed E-state index contributed by atoms with van der Waals surface area (Å²) in [6.45, 7) is 8.17. The predicted octanol–water partition coefficient (Wildman–Crippen LogP) is 5.67. The number of benzene rings is 2. The number of hydrogen-bond acceptors (Lipinski definition) is 7. The molecule has 2 aromatic carbocycles. The van der Waals surface area contributed by atoms with Crippen LogP contribution in [-0.2, 0) is 39.0 Å². The van der Waals surface area contributed by atoms with Gasteiger partial charge in [0.05, 0.1) is 18.0 Å². The van der Waals surface area contributed by atoms with E-state index in [0.29, 0.717) is 39.3 Å². The third-order valence-corrected chi connectivity index (χ3v) is 9.19. The van der Waals surface area contributed by atoms with Crippen molar-refractivity contribution in [1.82, 2.24) is 14.4 Å². The molecule has 1 saturated heterocycles. The Kier molecular flexibility index (Phi) is 11.5. The molecule has 1 aliphatic carbocycles. The number of pyridine rings is 1. The summed E-state index contributed by atoms with van der Waals surface area (Å²) in [5, 5.41) is 0.952. The van der Waals surface area contributed by atoms with Crippen molar-refractivity contribution in [3.63, 3.8) is 0 Å². The molecule has 0 unspecified atom stereocenters. The van der Waals surface area contributed by atoms with Gasteiger partial charge in [-0.25, -0.2) is 4.79 Å². The fourth-order valence-corrected chi connectivity index (χ4v) is 6.70. The molecule has 10 heteroatoms. The van der Waals surface area contributed by atoms with E-state index in [-0.39, 0.29) is 30.0 Å². The minimum Gasteiger partial charge on any atom is -0.491 e. The molecular formula is C38H51N3O7. The van der Waals surface area contributed by atoms with Crippen molar-refractivity contribution in [3.8, 4) is 5.75 Å². The van der Waals surface area contributed by atoms with E-state index in [2.05, 4.69) is 12.1 Å². The van der Waals surface area contributed by atoms with E-state index in [0.717, 1.165) is 59.0 Å². The lowest BCUT2D eigenvalue weighted by Gasteiger charge is -2.41. The molecule has 3 aromatic rings. The van der Waals surface area contributed by atoms with Gasteiger partial charge >= 0.3 is 6.09 Å². The van der Waals surface area contributed by atoms with Crippen molar-refractivity contribution in [2.75, 3.05) is 47.1 Å². The van der Waals surface area contributed by atoms with Gasteiger partial charge in [0.2, 0.25) is 5.91 Å². The quantitative estimate of drug-likeness (QED) is 0.218. The molecule has 260 valence electrons. The number of amides is 2. The number of rotatable bonds is 13. The maximum absolute atomic E-state index is 14.9. The second-order valence-corrected chi connectivity index (χ2v) is 14.1. The molecule has 0 N–H and O–H groups in total. The highest BCUT2D eigenvalue weighted by Crippen LogP contribution is 2.40. The van der Waals surface area contributed by atoms with E-state index in [1.165, 1.54) is 0 Å². The first-order chi connectivity index (χ1) is 23.0. The summed E-state index contributed by atoms with van der Waals surface area (Å²) in [7, 11) is 5.12. The average molecular weight is 662 g/mol. The summed E-state index contributed by atoms with van der Waals surface area (Å²) < 4.78 is 23.9. The van der Waals surface area contributed by atoms with Crippen LogP contribution in [0.25, 0.3) is 10.9 Å². The molecule has 2 fully saturated rings. The van der Waals surface area contributed by atoms with Crippen LogP contribution < -0.4 is 10.3 Å².